The molecule has 7 nitrogen and oxygen atoms in total. The molecule has 0 aromatic carbocycles. The van der Waals surface area contributed by atoms with Crippen molar-refractivity contribution < 1.29 is 9.13 Å². The van der Waals surface area contributed by atoms with Crippen LogP contribution in [-0.2, 0) is 11.3 Å². The van der Waals surface area contributed by atoms with E-state index in [0.717, 1.165) is 43.4 Å². The van der Waals surface area contributed by atoms with Crippen LogP contribution in [0.5, 0.6) is 0 Å². The SMILES string of the molecule is C=C/C=C(\N=C)c1nc(Nc2ccncc2F)c2c(COC(CCC)CCC)ccn2n1.CCC(C)C. The molecule has 0 bridgehead atoms. The van der Waals surface area contributed by atoms with E-state index in [1.807, 2.05) is 12.3 Å². The number of nitrogens with zero attached hydrogens (tertiary/aromatic N) is 5. The standard InChI is InChI=1S/C24H29FN6O.C5H12/c1-5-8-18(9-6-2)32-16-17-12-14-31-22(17)24(28-20-11-13-27-15-19(20)25)29-23(30-31)21(26-4)10-7-3;1-4-5(2)3/h7,10-15,18H,3-6,8-9,16H2,1-2H3,(H,27,28,29,30);5H,4H2,1-3H3/b21-10-;. The molecule has 0 aliphatic heterocycles. The molecule has 0 aliphatic carbocycles. The maximum Gasteiger partial charge on any atom is 0.200 e. The monoisotopic (exact) mass is 508 g/mol. The van der Waals surface area contributed by atoms with Gasteiger partial charge in [-0.15, -0.1) is 5.10 Å². The quantitative estimate of drug-likeness (QED) is 0.188. The van der Waals surface area contributed by atoms with E-state index < -0.39 is 5.82 Å². The Hall–Kier alpha value is -3.39. The van der Waals surface area contributed by atoms with Gasteiger partial charge < -0.3 is 10.1 Å². The van der Waals surface area contributed by atoms with Gasteiger partial charge in [0, 0.05) is 18.0 Å². The summed E-state index contributed by atoms with van der Waals surface area (Å²) in [4.78, 5) is 12.4. The zero-order valence-electron chi connectivity index (χ0n) is 22.9. The van der Waals surface area contributed by atoms with Gasteiger partial charge in [-0.05, 0) is 43.7 Å². The first kappa shape index (κ1) is 29.8. The second kappa shape index (κ2) is 15.7. The Balaban J connectivity index is 0.000000877. The van der Waals surface area contributed by atoms with Crippen LogP contribution in [0.4, 0.5) is 15.9 Å². The molecule has 200 valence electrons. The van der Waals surface area contributed by atoms with E-state index in [1.54, 1.807) is 22.7 Å². The summed E-state index contributed by atoms with van der Waals surface area (Å²) in [5, 5.41) is 7.65. The predicted molar refractivity (Wildman–Crippen MR) is 152 cm³/mol. The molecular weight excluding hydrogens is 467 g/mol. The molecule has 3 aromatic heterocycles. The van der Waals surface area contributed by atoms with Crippen molar-refractivity contribution in [1.29, 1.82) is 0 Å². The minimum Gasteiger partial charge on any atom is -0.373 e. The number of anilines is 2. The van der Waals surface area contributed by atoms with Crippen LogP contribution in [-0.4, -0.2) is 32.4 Å². The molecule has 0 amide bonds. The first-order chi connectivity index (χ1) is 17.9. The van der Waals surface area contributed by atoms with E-state index in [0.29, 0.717) is 29.5 Å². The number of nitrogens with one attached hydrogen (secondary N) is 1. The Morgan fingerprint density at radius 3 is 2.49 bits per heavy atom. The number of fused-ring (bicyclic) bond motifs is 1. The molecule has 0 saturated heterocycles. The van der Waals surface area contributed by atoms with Gasteiger partial charge >= 0.3 is 0 Å². The summed E-state index contributed by atoms with van der Waals surface area (Å²) in [6, 6.07) is 3.49. The summed E-state index contributed by atoms with van der Waals surface area (Å²) in [5.74, 6) is 1.17. The van der Waals surface area contributed by atoms with E-state index in [9.17, 15) is 4.39 Å². The van der Waals surface area contributed by atoms with Crippen LogP contribution in [0, 0.1) is 11.7 Å². The Morgan fingerprint density at radius 1 is 1.22 bits per heavy atom. The highest BCUT2D eigenvalue weighted by Crippen LogP contribution is 2.27. The summed E-state index contributed by atoms with van der Waals surface area (Å²) in [6.45, 7) is 18.6. The predicted octanol–water partition coefficient (Wildman–Crippen LogP) is 7.77. The number of halogens is 1. The second-order valence-corrected chi connectivity index (χ2v) is 9.16. The molecule has 0 fully saturated rings. The fraction of sp³-hybridized carbons (Fsp3) is 0.448. The Bertz CT molecular complexity index is 1160. The molecule has 37 heavy (non-hydrogen) atoms. The lowest BCUT2D eigenvalue weighted by molar-refractivity contribution is 0.0292. The smallest absolute Gasteiger partial charge is 0.200 e. The molecular formula is C29H41FN6O. The summed E-state index contributed by atoms with van der Waals surface area (Å²) >= 11 is 0. The van der Waals surface area contributed by atoms with Crippen molar-refractivity contribution in [2.45, 2.75) is 79.4 Å². The molecule has 0 unspecified atom stereocenters. The van der Waals surface area contributed by atoms with Crippen LogP contribution < -0.4 is 5.32 Å². The number of ether oxygens (including phenoxy) is 1. The lowest BCUT2D eigenvalue weighted by Crippen LogP contribution is -2.13. The van der Waals surface area contributed by atoms with Crippen molar-refractivity contribution in [3.63, 3.8) is 0 Å². The average Bonchev–Trinajstić information content (AvgIpc) is 3.31. The van der Waals surface area contributed by atoms with Crippen molar-refractivity contribution >= 4 is 29.4 Å². The molecule has 0 saturated carbocycles. The number of rotatable bonds is 13. The number of aliphatic imine (C=N–C) groups is 1. The van der Waals surface area contributed by atoms with E-state index in [2.05, 4.69) is 73.3 Å². The molecule has 8 heteroatoms. The lowest BCUT2D eigenvalue weighted by atomic mass is 10.1. The molecule has 0 radical (unpaired) electrons. The molecule has 1 N–H and O–H groups in total. The third-order valence-electron chi connectivity index (χ3n) is 5.81. The molecule has 0 aliphatic rings. The Labute approximate surface area is 220 Å². The molecule has 3 aromatic rings. The van der Waals surface area contributed by atoms with Gasteiger partial charge in [0.15, 0.2) is 11.6 Å². The van der Waals surface area contributed by atoms with Crippen molar-refractivity contribution in [3.8, 4) is 0 Å². The highest BCUT2D eigenvalue weighted by Gasteiger charge is 2.17. The largest absolute Gasteiger partial charge is 0.373 e. The van der Waals surface area contributed by atoms with Crippen LogP contribution in [0.1, 0.15) is 78.1 Å². The van der Waals surface area contributed by atoms with Gasteiger partial charge in [-0.2, -0.15) is 0 Å². The number of aromatic nitrogens is 4. The third-order valence-corrected chi connectivity index (χ3v) is 5.81. The van der Waals surface area contributed by atoms with Crippen LogP contribution in [0.3, 0.4) is 0 Å². The zero-order chi connectivity index (χ0) is 27.2. The lowest BCUT2D eigenvalue weighted by Gasteiger charge is -2.17. The minimum absolute atomic E-state index is 0.196. The Morgan fingerprint density at radius 2 is 1.92 bits per heavy atom. The number of pyridine rings is 1. The first-order valence-electron chi connectivity index (χ1n) is 13.0. The van der Waals surface area contributed by atoms with E-state index >= 15 is 0 Å². The van der Waals surface area contributed by atoms with Gasteiger partial charge in [-0.3, -0.25) is 9.98 Å². The average molecular weight is 509 g/mol. The van der Waals surface area contributed by atoms with Crippen LogP contribution >= 0.6 is 0 Å². The number of hydrogen-bond donors (Lipinski definition) is 1. The molecule has 0 atom stereocenters. The topological polar surface area (TPSA) is 76.7 Å². The van der Waals surface area contributed by atoms with Crippen molar-refractivity contribution in [1.82, 2.24) is 19.6 Å². The molecule has 0 spiro atoms. The normalized spacial score (nSPS) is 11.5. The third kappa shape index (κ3) is 8.89. The van der Waals surface area contributed by atoms with E-state index in [1.165, 1.54) is 12.6 Å². The van der Waals surface area contributed by atoms with Gasteiger partial charge in [-0.25, -0.2) is 13.9 Å². The highest BCUT2D eigenvalue weighted by molar-refractivity contribution is 5.78. The second-order valence-electron chi connectivity index (χ2n) is 9.16. The maximum atomic E-state index is 14.3. The van der Waals surface area contributed by atoms with Gasteiger partial charge in [0.1, 0.15) is 11.2 Å². The van der Waals surface area contributed by atoms with Gasteiger partial charge in [0.2, 0.25) is 5.82 Å². The van der Waals surface area contributed by atoms with Gasteiger partial charge in [0.25, 0.3) is 0 Å². The van der Waals surface area contributed by atoms with Crippen molar-refractivity contribution in [3.05, 3.63) is 66.7 Å². The summed E-state index contributed by atoms with van der Waals surface area (Å²) in [6.07, 6.45) is 13.4. The fourth-order valence-corrected chi connectivity index (χ4v) is 3.48. The van der Waals surface area contributed by atoms with Crippen LogP contribution in [0.2, 0.25) is 0 Å². The van der Waals surface area contributed by atoms with Gasteiger partial charge in [-0.1, -0.05) is 66.5 Å². The van der Waals surface area contributed by atoms with Gasteiger partial charge in [0.05, 0.1) is 24.6 Å². The summed E-state index contributed by atoms with van der Waals surface area (Å²) in [5.41, 5.74) is 2.33. The van der Waals surface area contributed by atoms with E-state index in [4.69, 9.17) is 4.74 Å². The zero-order valence-corrected chi connectivity index (χ0v) is 22.9. The number of hydrogen-bond acceptors (Lipinski definition) is 6. The van der Waals surface area contributed by atoms with Crippen LogP contribution in [0.15, 0.2) is 54.4 Å². The van der Waals surface area contributed by atoms with Crippen molar-refractivity contribution in [2.75, 3.05) is 5.32 Å². The number of allylic oxidation sites excluding steroid dienone is 2. The first-order valence-corrected chi connectivity index (χ1v) is 13.0. The van der Waals surface area contributed by atoms with E-state index in [-0.39, 0.29) is 11.8 Å². The molecule has 3 rings (SSSR count). The fourth-order valence-electron chi connectivity index (χ4n) is 3.48. The summed E-state index contributed by atoms with van der Waals surface area (Å²) < 4.78 is 22.2. The van der Waals surface area contributed by atoms with Crippen LogP contribution in [0.25, 0.3) is 11.2 Å². The highest BCUT2D eigenvalue weighted by atomic mass is 19.1. The maximum absolute atomic E-state index is 14.3. The minimum atomic E-state index is -0.482. The Kier molecular flexibility index (Phi) is 12.6. The van der Waals surface area contributed by atoms with Crippen molar-refractivity contribution in [2.24, 2.45) is 10.9 Å². The summed E-state index contributed by atoms with van der Waals surface area (Å²) in [7, 11) is 0. The molecule has 3 heterocycles.